The molecule has 4 amide bonds. The van der Waals surface area contributed by atoms with Gasteiger partial charge in [0.1, 0.15) is 0 Å². The fourth-order valence-electron chi connectivity index (χ4n) is 3.81. The molecule has 1 N–H and O–H groups in total. The van der Waals surface area contributed by atoms with E-state index in [1.165, 1.54) is 16.2 Å². The highest BCUT2D eigenvalue weighted by Gasteiger charge is 2.34. The molecule has 30 heavy (non-hydrogen) atoms. The molecule has 1 aromatic carbocycles. The lowest BCUT2D eigenvalue weighted by atomic mass is 9.96. The number of likely N-dealkylation sites (tertiary alicyclic amines) is 1. The van der Waals surface area contributed by atoms with Gasteiger partial charge in [0.05, 0.1) is 11.1 Å². The Labute approximate surface area is 177 Å². The van der Waals surface area contributed by atoms with E-state index in [1.54, 1.807) is 42.3 Å². The minimum atomic E-state index is -0.273. The van der Waals surface area contributed by atoms with E-state index in [4.69, 9.17) is 0 Å². The molecule has 2 aromatic rings. The van der Waals surface area contributed by atoms with Crippen molar-refractivity contribution in [2.45, 2.75) is 26.2 Å². The normalized spacial score (nSPS) is 16.7. The van der Waals surface area contributed by atoms with Crippen molar-refractivity contribution in [3.05, 3.63) is 46.5 Å². The highest BCUT2D eigenvalue weighted by molar-refractivity contribution is 7.15. The molecule has 4 rings (SSSR count). The second-order valence-electron chi connectivity index (χ2n) is 7.46. The first-order valence-electron chi connectivity index (χ1n) is 9.90. The number of aromatic nitrogens is 1. The monoisotopic (exact) mass is 426 g/mol. The van der Waals surface area contributed by atoms with Crippen LogP contribution in [0.15, 0.2) is 30.5 Å². The number of imide groups is 1. The molecule has 0 saturated carbocycles. The fourth-order valence-corrected chi connectivity index (χ4v) is 4.61. The minimum absolute atomic E-state index is 0.0384. The van der Waals surface area contributed by atoms with Crippen LogP contribution in [0.1, 0.15) is 45.4 Å². The topological polar surface area (TPSA) is 99.7 Å². The summed E-state index contributed by atoms with van der Waals surface area (Å²) in [5.74, 6) is -0.724. The summed E-state index contributed by atoms with van der Waals surface area (Å²) in [6.45, 7) is 3.00. The first-order chi connectivity index (χ1) is 14.4. The van der Waals surface area contributed by atoms with E-state index < -0.39 is 0 Å². The number of benzene rings is 1. The van der Waals surface area contributed by atoms with E-state index in [0.29, 0.717) is 48.6 Å². The number of thiazole rings is 1. The zero-order chi connectivity index (χ0) is 21.3. The van der Waals surface area contributed by atoms with Crippen LogP contribution < -0.4 is 5.32 Å². The van der Waals surface area contributed by atoms with Gasteiger partial charge in [-0.15, -0.1) is 11.3 Å². The average Bonchev–Trinajstić information content (AvgIpc) is 3.29. The first kappa shape index (κ1) is 20.2. The average molecular weight is 426 g/mol. The second-order valence-corrected chi connectivity index (χ2v) is 8.57. The van der Waals surface area contributed by atoms with Gasteiger partial charge in [0.2, 0.25) is 11.8 Å². The van der Waals surface area contributed by atoms with Crippen LogP contribution in [-0.2, 0) is 16.0 Å². The van der Waals surface area contributed by atoms with Crippen LogP contribution >= 0.6 is 11.3 Å². The van der Waals surface area contributed by atoms with Gasteiger partial charge in [-0.2, -0.15) is 0 Å². The smallest absolute Gasteiger partial charge is 0.261 e. The summed E-state index contributed by atoms with van der Waals surface area (Å²) in [4.78, 5) is 56.9. The number of amides is 4. The third kappa shape index (κ3) is 3.97. The van der Waals surface area contributed by atoms with Crippen LogP contribution in [0.3, 0.4) is 0 Å². The lowest BCUT2D eigenvalue weighted by Gasteiger charge is -2.30. The van der Waals surface area contributed by atoms with Crippen molar-refractivity contribution in [3.63, 3.8) is 0 Å². The molecule has 9 heteroatoms. The van der Waals surface area contributed by atoms with Crippen LogP contribution in [0.5, 0.6) is 0 Å². The largest absolute Gasteiger partial charge is 0.343 e. The summed E-state index contributed by atoms with van der Waals surface area (Å²) in [6, 6.07) is 6.82. The van der Waals surface area contributed by atoms with E-state index in [0.717, 1.165) is 4.88 Å². The number of hydrogen-bond acceptors (Lipinski definition) is 6. The van der Waals surface area contributed by atoms with Crippen LogP contribution in [0.4, 0.5) is 5.13 Å². The van der Waals surface area contributed by atoms with Crippen LogP contribution in [0.25, 0.3) is 0 Å². The van der Waals surface area contributed by atoms with Gasteiger partial charge < -0.3 is 10.2 Å². The molecule has 1 fully saturated rings. The Morgan fingerprint density at radius 1 is 1.13 bits per heavy atom. The SMILES string of the molecule is CC(=O)N1CCC(C(=O)Nc2ncc(CCN3C(=O)c4ccccc4C3=O)s2)CC1. The number of anilines is 1. The number of nitrogens with zero attached hydrogens (tertiary/aromatic N) is 3. The Morgan fingerprint density at radius 3 is 2.37 bits per heavy atom. The molecule has 2 aliphatic rings. The predicted molar refractivity (Wildman–Crippen MR) is 111 cm³/mol. The quantitative estimate of drug-likeness (QED) is 0.739. The van der Waals surface area contributed by atoms with Gasteiger partial charge in [0, 0.05) is 50.0 Å². The molecule has 0 atom stereocenters. The number of piperidine rings is 1. The van der Waals surface area contributed by atoms with Crippen molar-refractivity contribution in [1.29, 1.82) is 0 Å². The number of fused-ring (bicyclic) bond motifs is 1. The Bertz CT molecular complexity index is 975. The summed E-state index contributed by atoms with van der Waals surface area (Å²) in [7, 11) is 0. The van der Waals surface area contributed by atoms with Crippen molar-refractivity contribution >= 4 is 40.1 Å². The van der Waals surface area contributed by atoms with E-state index in [9.17, 15) is 19.2 Å². The molecular formula is C21H22N4O4S. The zero-order valence-corrected chi connectivity index (χ0v) is 17.4. The third-order valence-electron chi connectivity index (χ3n) is 5.55. The maximum atomic E-state index is 12.5. The third-order valence-corrected chi connectivity index (χ3v) is 6.53. The molecule has 1 saturated heterocycles. The number of carbonyl (C=O) groups is 4. The standard InChI is InChI=1S/C21H22N4O4S/c1-13(26)24-9-6-14(7-10-24)18(27)23-21-22-12-15(30-21)8-11-25-19(28)16-4-2-3-5-17(16)20(25)29/h2-5,12,14H,6-11H2,1H3,(H,22,23,27). The van der Waals surface area contributed by atoms with Gasteiger partial charge in [-0.25, -0.2) is 4.98 Å². The van der Waals surface area contributed by atoms with Gasteiger partial charge in [0.15, 0.2) is 5.13 Å². The van der Waals surface area contributed by atoms with Crippen molar-refractivity contribution in [2.75, 3.05) is 25.0 Å². The number of rotatable bonds is 5. The van der Waals surface area contributed by atoms with Crippen molar-refractivity contribution in [3.8, 4) is 0 Å². The highest BCUT2D eigenvalue weighted by atomic mass is 32.1. The maximum absolute atomic E-state index is 12.5. The van der Waals surface area contributed by atoms with Crippen LogP contribution in [0, 0.1) is 5.92 Å². The van der Waals surface area contributed by atoms with Crippen molar-refractivity contribution in [1.82, 2.24) is 14.8 Å². The summed E-state index contributed by atoms with van der Waals surface area (Å²) < 4.78 is 0. The molecule has 0 bridgehead atoms. The molecule has 3 heterocycles. The number of nitrogens with one attached hydrogen (secondary N) is 1. The Balaban J connectivity index is 1.30. The Hall–Kier alpha value is -3.07. The van der Waals surface area contributed by atoms with E-state index in [-0.39, 0.29) is 36.1 Å². The molecule has 8 nitrogen and oxygen atoms in total. The first-order valence-corrected chi connectivity index (χ1v) is 10.7. The lowest BCUT2D eigenvalue weighted by Crippen LogP contribution is -2.40. The van der Waals surface area contributed by atoms with Crippen LogP contribution in [-0.4, -0.2) is 58.0 Å². The number of hydrogen-bond donors (Lipinski definition) is 1. The second kappa shape index (κ2) is 8.35. The summed E-state index contributed by atoms with van der Waals surface area (Å²) in [5.41, 5.74) is 0.881. The predicted octanol–water partition coefficient (Wildman–Crippen LogP) is 2.18. The molecular weight excluding hydrogens is 404 g/mol. The van der Waals surface area contributed by atoms with Gasteiger partial charge >= 0.3 is 0 Å². The molecule has 0 aliphatic carbocycles. The van der Waals surface area contributed by atoms with Gasteiger partial charge in [0.25, 0.3) is 11.8 Å². The Morgan fingerprint density at radius 2 is 1.77 bits per heavy atom. The Kier molecular flexibility index (Phi) is 5.63. The fraction of sp³-hybridized carbons (Fsp3) is 0.381. The molecule has 0 spiro atoms. The van der Waals surface area contributed by atoms with E-state index in [2.05, 4.69) is 10.3 Å². The van der Waals surface area contributed by atoms with Gasteiger partial charge in [-0.1, -0.05) is 12.1 Å². The highest BCUT2D eigenvalue weighted by Crippen LogP contribution is 2.25. The molecule has 2 aliphatic heterocycles. The van der Waals surface area contributed by atoms with Gasteiger partial charge in [-0.05, 0) is 25.0 Å². The summed E-state index contributed by atoms with van der Waals surface area (Å²) >= 11 is 1.34. The van der Waals surface area contributed by atoms with Crippen molar-refractivity contribution in [2.24, 2.45) is 5.92 Å². The van der Waals surface area contributed by atoms with Crippen LogP contribution in [0.2, 0.25) is 0 Å². The zero-order valence-electron chi connectivity index (χ0n) is 16.6. The minimum Gasteiger partial charge on any atom is -0.343 e. The van der Waals surface area contributed by atoms with Gasteiger partial charge in [-0.3, -0.25) is 24.1 Å². The lowest BCUT2D eigenvalue weighted by molar-refractivity contribution is -0.132. The molecule has 0 unspecified atom stereocenters. The van der Waals surface area contributed by atoms with E-state index >= 15 is 0 Å². The summed E-state index contributed by atoms with van der Waals surface area (Å²) in [5, 5.41) is 3.36. The number of carbonyl (C=O) groups excluding carboxylic acids is 4. The molecule has 0 radical (unpaired) electrons. The molecule has 156 valence electrons. The molecule has 1 aromatic heterocycles. The maximum Gasteiger partial charge on any atom is 0.261 e. The van der Waals surface area contributed by atoms with E-state index in [1.807, 2.05) is 0 Å². The summed E-state index contributed by atoms with van der Waals surface area (Å²) in [6.07, 6.45) is 3.43. The van der Waals surface area contributed by atoms with Crippen molar-refractivity contribution < 1.29 is 19.2 Å².